The van der Waals surface area contributed by atoms with Crippen LogP contribution in [-0.2, 0) is 6.54 Å². The largest absolute Gasteiger partial charge is 0.314 e. The second-order valence-electron chi connectivity index (χ2n) is 5.16. The molecule has 0 aromatic heterocycles. The first-order valence-corrected chi connectivity index (χ1v) is 6.68. The van der Waals surface area contributed by atoms with Gasteiger partial charge in [-0.25, -0.2) is 4.39 Å². The van der Waals surface area contributed by atoms with Crippen LogP contribution < -0.4 is 5.32 Å². The summed E-state index contributed by atoms with van der Waals surface area (Å²) >= 11 is 3.23. The molecule has 1 fully saturated rings. The van der Waals surface area contributed by atoms with Crippen molar-refractivity contribution in [2.24, 2.45) is 0 Å². The highest BCUT2D eigenvalue weighted by Crippen LogP contribution is 2.22. The third-order valence-electron chi connectivity index (χ3n) is 3.33. The quantitative estimate of drug-likeness (QED) is 0.903. The van der Waals surface area contributed by atoms with E-state index in [1.165, 1.54) is 6.07 Å². The smallest absolute Gasteiger partial charge is 0.137 e. The molecule has 0 bridgehead atoms. The van der Waals surface area contributed by atoms with Gasteiger partial charge in [0.25, 0.3) is 0 Å². The number of hydrogen-bond donors (Lipinski definition) is 1. The van der Waals surface area contributed by atoms with Gasteiger partial charge in [0.05, 0.1) is 4.47 Å². The van der Waals surface area contributed by atoms with Crippen molar-refractivity contribution in [2.45, 2.75) is 25.9 Å². The van der Waals surface area contributed by atoms with Gasteiger partial charge in [0.2, 0.25) is 0 Å². The molecule has 1 aromatic carbocycles. The van der Waals surface area contributed by atoms with Gasteiger partial charge in [0.15, 0.2) is 0 Å². The van der Waals surface area contributed by atoms with Gasteiger partial charge >= 0.3 is 0 Å². The Labute approximate surface area is 110 Å². The summed E-state index contributed by atoms with van der Waals surface area (Å²) in [5.74, 6) is -0.201. The van der Waals surface area contributed by atoms with E-state index >= 15 is 0 Å². The lowest BCUT2D eigenvalue weighted by Gasteiger charge is -2.42. The van der Waals surface area contributed by atoms with Crippen molar-refractivity contribution in [3.05, 3.63) is 34.1 Å². The van der Waals surface area contributed by atoms with Crippen LogP contribution in [0.3, 0.4) is 0 Å². The number of nitrogens with zero attached hydrogens (tertiary/aromatic N) is 1. The summed E-state index contributed by atoms with van der Waals surface area (Å²) in [5, 5.41) is 3.40. The van der Waals surface area contributed by atoms with Crippen molar-refractivity contribution < 1.29 is 4.39 Å². The Bertz CT molecular complexity index is 406. The van der Waals surface area contributed by atoms with Crippen molar-refractivity contribution in [1.82, 2.24) is 10.2 Å². The third-order valence-corrected chi connectivity index (χ3v) is 3.94. The van der Waals surface area contributed by atoms with E-state index in [1.54, 1.807) is 0 Å². The minimum absolute atomic E-state index is 0.152. The van der Waals surface area contributed by atoms with E-state index in [0.29, 0.717) is 4.47 Å². The third kappa shape index (κ3) is 3.06. The lowest BCUT2D eigenvalue weighted by Crippen LogP contribution is -2.57. The number of benzene rings is 1. The zero-order valence-electron chi connectivity index (χ0n) is 10.3. The molecule has 0 atom stereocenters. The highest BCUT2D eigenvalue weighted by atomic mass is 79.9. The van der Waals surface area contributed by atoms with Gasteiger partial charge < -0.3 is 5.32 Å². The molecule has 17 heavy (non-hydrogen) atoms. The predicted molar refractivity (Wildman–Crippen MR) is 71.5 cm³/mol. The second kappa shape index (κ2) is 5.04. The molecular formula is C13H18BrFN2. The van der Waals surface area contributed by atoms with E-state index in [4.69, 9.17) is 0 Å². The van der Waals surface area contributed by atoms with Crippen LogP contribution in [0, 0.1) is 5.82 Å². The lowest BCUT2D eigenvalue weighted by atomic mass is 9.99. The van der Waals surface area contributed by atoms with Crippen LogP contribution in [0.5, 0.6) is 0 Å². The zero-order valence-corrected chi connectivity index (χ0v) is 11.8. The first-order chi connectivity index (χ1) is 7.99. The number of hydrogen-bond acceptors (Lipinski definition) is 2. The zero-order chi connectivity index (χ0) is 12.5. The summed E-state index contributed by atoms with van der Waals surface area (Å²) in [6.07, 6.45) is 0. The van der Waals surface area contributed by atoms with E-state index in [2.05, 4.69) is 40.0 Å². The van der Waals surface area contributed by atoms with Crippen molar-refractivity contribution in [2.75, 3.05) is 19.6 Å². The molecule has 2 rings (SSSR count). The second-order valence-corrected chi connectivity index (χ2v) is 6.01. The maximum absolute atomic E-state index is 13.2. The molecule has 1 N–H and O–H groups in total. The molecule has 0 radical (unpaired) electrons. The molecule has 2 nitrogen and oxygen atoms in total. The van der Waals surface area contributed by atoms with Crippen molar-refractivity contribution >= 4 is 15.9 Å². The first-order valence-electron chi connectivity index (χ1n) is 5.89. The van der Waals surface area contributed by atoms with Crippen molar-refractivity contribution in [1.29, 1.82) is 0 Å². The first kappa shape index (κ1) is 13.0. The molecule has 1 aliphatic heterocycles. The fraction of sp³-hybridized carbons (Fsp3) is 0.538. The molecule has 1 saturated heterocycles. The Morgan fingerprint density at radius 3 is 2.88 bits per heavy atom. The number of halogens is 2. The van der Waals surface area contributed by atoms with E-state index < -0.39 is 0 Å². The molecular weight excluding hydrogens is 283 g/mol. The summed E-state index contributed by atoms with van der Waals surface area (Å²) in [6, 6.07) is 5.25. The summed E-state index contributed by atoms with van der Waals surface area (Å²) in [5.41, 5.74) is 1.30. The minimum atomic E-state index is -0.201. The van der Waals surface area contributed by atoms with Crippen LogP contribution in [0.4, 0.5) is 4.39 Å². The standard InChI is InChI=1S/C13H18BrFN2/c1-13(2)9-16-5-6-17(13)8-10-3-4-12(15)11(14)7-10/h3-4,7,16H,5-6,8-9H2,1-2H3. The minimum Gasteiger partial charge on any atom is -0.314 e. The van der Waals surface area contributed by atoms with Crippen LogP contribution in [0.2, 0.25) is 0 Å². The molecule has 0 saturated carbocycles. The Balaban J connectivity index is 2.11. The number of rotatable bonds is 2. The monoisotopic (exact) mass is 300 g/mol. The van der Waals surface area contributed by atoms with Gasteiger partial charge in [-0.2, -0.15) is 0 Å². The van der Waals surface area contributed by atoms with E-state index in [1.807, 2.05) is 12.1 Å². The number of nitrogens with one attached hydrogen (secondary N) is 1. The summed E-state index contributed by atoms with van der Waals surface area (Å²) in [6.45, 7) is 8.38. The molecule has 0 unspecified atom stereocenters. The van der Waals surface area contributed by atoms with Crippen LogP contribution in [-0.4, -0.2) is 30.1 Å². The van der Waals surface area contributed by atoms with Gasteiger partial charge in [-0.1, -0.05) is 6.07 Å². The Hall–Kier alpha value is -0.450. The molecule has 0 spiro atoms. The van der Waals surface area contributed by atoms with Gasteiger partial charge in [0, 0.05) is 31.7 Å². The van der Waals surface area contributed by atoms with Crippen LogP contribution in [0.25, 0.3) is 0 Å². The number of piperazine rings is 1. The molecule has 1 aliphatic rings. The SMILES string of the molecule is CC1(C)CNCCN1Cc1ccc(F)c(Br)c1. The van der Waals surface area contributed by atoms with Gasteiger partial charge in [-0.05, 0) is 47.5 Å². The predicted octanol–water partition coefficient (Wildman–Crippen LogP) is 2.77. The van der Waals surface area contributed by atoms with Crippen LogP contribution in [0.15, 0.2) is 22.7 Å². The van der Waals surface area contributed by atoms with Crippen LogP contribution in [0.1, 0.15) is 19.4 Å². The molecule has 94 valence electrons. The maximum Gasteiger partial charge on any atom is 0.137 e. The Morgan fingerprint density at radius 1 is 1.47 bits per heavy atom. The Morgan fingerprint density at radius 2 is 2.24 bits per heavy atom. The van der Waals surface area contributed by atoms with Gasteiger partial charge in [0.1, 0.15) is 5.82 Å². The molecule has 1 heterocycles. The molecule has 4 heteroatoms. The highest BCUT2D eigenvalue weighted by Gasteiger charge is 2.29. The highest BCUT2D eigenvalue weighted by molar-refractivity contribution is 9.10. The fourth-order valence-electron chi connectivity index (χ4n) is 2.17. The summed E-state index contributed by atoms with van der Waals surface area (Å²) in [4.78, 5) is 2.43. The molecule has 0 amide bonds. The normalized spacial score (nSPS) is 20.5. The van der Waals surface area contributed by atoms with Crippen molar-refractivity contribution in [3.8, 4) is 0 Å². The van der Waals surface area contributed by atoms with E-state index in [0.717, 1.165) is 31.7 Å². The average molecular weight is 301 g/mol. The fourth-order valence-corrected chi connectivity index (χ4v) is 2.60. The van der Waals surface area contributed by atoms with E-state index in [-0.39, 0.29) is 11.4 Å². The van der Waals surface area contributed by atoms with Crippen LogP contribution >= 0.6 is 15.9 Å². The lowest BCUT2D eigenvalue weighted by molar-refractivity contribution is 0.0827. The molecule has 1 aromatic rings. The average Bonchev–Trinajstić information content (AvgIpc) is 2.26. The Kier molecular flexibility index (Phi) is 3.85. The summed E-state index contributed by atoms with van der Waals surface area (Å²) < 4.78 is 13.7. The van der Waals surface area contributed by atoms with Crippen molar-refractivity contribution in [3.63, 3.8) is 0 Å². The van der Waals surface area contributed by atoms with E-state index in [9.17, 15) is 4.39 Å². The summed E-state index contributed by atoms with van der Waals surface area (Å²) in [7, 11) is 0. The maximum atomic E-state index is 13.2. The van der Waals surface area contributed by atoms with Gasteiger partial charge in [-0.15, -0.1) is 0 Å². The van der Waals surface area contributed by atoms with Gasteiger partial charge in [-0.3, -0.25) is 4.90 Å². The topological polar surface area (TPSA) is 15.3 Å². The molecule has 0 aliphatic carbocycles.